The number of hydrazine groups is 1. The van der Waals surface area contributed by atoms with Crippen LogP contribution in [0.3, 0.4) is 0 Å². The van der Waals surface area contributed by atoms with Gasteiger partial charge in [-0.15, -0.1) is 0 Å². The average molecular weight is 280 g/mol. The number of hydrogen-bond donors (Lipinski definition) is 3. The van der Waals surface area contributed by atoms with Crippen molar-refractivity contribution in [3.05, 3.63) is 36.0 Å². The molecule has 0 atom stereocenters. The molecular formula is C13H12N8. The van der Waals surface area contributed by atoms with Gasteiger partial charge in [-0.25, -0.2) is 5.84 Å². The molecule has 4 N–H and O–H groups in total. The lowest BCUT2D eigenvalue weighted by Crippen LogP contribution is -2.16. The van der Waals surface area contributed by atoms with Gasteiger partial charge in [0, 0.05) is 7.05 Å². The number of rotatable bonds is 3. The largest absolute Gasteiger partial charge is 0.328 e. The van der Waals surface area contributed by atoms with Crippen LogP contribution < -0.4 is 16.2 Å². The summed E-state index contributed by atoms with van der Waals surface area (Å²) in [5, 5.41) is 16.7. The van der Waals surface area contributed by atoms with Gasteiger partial charge in [-0.1, -0.05) is 12.1 Å². The van der Waals surface area contributed by atoms with Crippen LogP contribution in [0.15, 0.2) is 30.5 Å². The minimum atomic E-state index is 0.267. The van der Waals surface area contributed by atoms with Crippen LogP contribution in [0.25, 0.3) is 11.0 Å². The maximum atomic E-state index is 9.23. The minimum absolute atomic E-state index is 0.267. The number of hydrogen-bond acceptors (Lipinski definition) is 7. The molecule has 3 rings (SSSR count). The highest BCUT2D eigenvalue weighted by atomic mass is 15.3. The van der Waals surface area contributed by atoms with Gasteiger partial charge in [0.2, 0.25) is 5.95 Å². The monoisotopic (exact) mass is 280 g/mol. The van der Waals surface area contributed by atoms with Crippen molar-refractivity contribution in [2.75, 3.05) is 17.4 Å². The van der Waals surface area contributed by atoms with Crippen molar-refractivity contribution in [1.29, 1.82) is 5.26 Å². The number of nitrogen functional groups attached to an aromatic ring is 1. The molecule has 0 saturated heterocycles. The lowest BCUT2D eigenvalue weighted by atomic mass is 10.2. The molecule has 0 bridgehead atoms. The topological polar surface area (TPSA) is 120 Å². The van der Waals surface area contributed by atoms with Crippen LogP contribution in [0.1, 0.15) is 5.56 Å². The van der Waals surface area contributed by atoms with Gasteiger partial charge in [-0.3, -0.25) is 10.5 Å². The summed E-state index contributed by atoms with van der Waals surface area (Å²) in [7, 11) is 1.82. The molecule has 1 aromatic carbocycles. The summed E-state index contributed by atoms with van der Waals surface area (Å²) >= 11 is 0. The molecule has 0 unspecified atom stereocenters. The number of H-pyrrole nitrogens is 1. The van der Waals surface area contributed by atoms with Gasteiger partial charge < -0.3 is 4.90 Å². The summed E-state index contributed by atoms with van der Waals surface area (Å²) in [6, 6.07) is 9.45. The Morgan fingerprint density at radius 1 is 1.33 bits per heavy atom. The maximum Gasteiger partial charge on any atom is 0.241 e. The standard InChI is InChI=1S/C13H12N8/c1-21(10-5-3-2-4-8(10)6-14)12-9-7-16-20-11(9)17-13(18-12)19-15/h2-5,7H,15H2,1H3,(H2,16,17,18,19,20). The van der Waals surface area contributed by atoms with Crippen LogP contribution in [-0.2, 0) is 0 Å². The molecule has 8 nitrogen and oxygen atoms in total. The Morgan fingerprint density at radius 2 is 2.14 bits per heavy atom. The van der Waals surface area contributed by atoms with E-state index in [1.807, 2.05) is 25.2 Å². The second kappa shape index (κ2) is 5.07. The van der Waals surface area contributed by atoms with Gasteiger partial charge in [0.15, 0.2) is 5.65 Å². The van der Waals surface area contributed by atoms with E-state index in [9.17, 15) is 5.26 Å². The summed E-state index contributed by atoms with van der Waals surface area (Å²) in [5.41, 5.74) is 4.28. The number of anilines is 3. The van der Waals surface area contributed by atoms with Crippen LogP contribution in [0, 0.1) is 11.3 Å². The minimum Gasteiger partial charge on any atom is -0.328 e. The van der Waals surface area contributed by atoms with E-state index in [1.165, 1.54) is 0 Å². The third kappa shape index (κ3) is 2.11. The van der Waals surface area contributed by atoms with Crippen molar-refractivity contribution in [1.82, 2.24) is 20.2 Å². The van der Waals surface area contributed by atoms with Gasteiger partial charge in [-0.2, -0.15) is 20.3 Å². The molecule has 2 aromatic heterocycles. The van der Waals surface area contributed by atoms with E-state index in [2.05, 4.69) is 31.7 Å². The van der Waals surface area contributed by atoms with E-state index in [0.29, 0.717) is 17.0 Å². The van der Waals surface area contributed by atoms with Crippen molar-refractivity contribution in [2.24, 2.45) is 5.84 Å². The second-order valence-corrected chi connectivity index (χ2v) is 4.34. The number of nitriles is 1. The summed E-state index contributed by atoms with van der Waals surface area (Å²) in [4.78, 5) is 10.3. The molecule has 0 saturated carbocycles. The Bertz CT molecular complexity index is 832. The molecule has 0 amide bonds. The van der Waals surface area contributed by atoms with Crippen molar-refractivity contribution in [2.45, 2.75) is 0 Å². The van der Waals surface area contributed by atoms with Crippen LogP contribution >= 0.6 is 0 Å². The number of nitrogens with zero attached hydrogens (tertiary/aromatic N) is 5. The van der Waals surface area contributed by atoms with Crippen molar-refractivity contribution in [3.8, 4) is 6.07 Å². The van der Waals surface area contributed by atoms with E-state index in [-0.39, 0.29) is 5.95 Å². The first-order valence-corrected chi connectivity index (χ1v) is 6.15. The van der Waals surface area contributed by atoms with Crippen molar-refractivity contribution in [3.63, 3.8) is 0 Å². The van der Waals surface area contributed by atoms with Crippen molar-refractivity contribution >= 4 is 28.5 Å². The van der Waals surface area contributed by atoms with Crippen LogP contribution in [-0.4, -0.2) is 27.2 Å². The number of benzene rings is 1. The van der Waals surface area contributed by atoms with E-state index in [1.54, 1.807) is 17.2 Å². The predicted octanol–water partition coefficient (Wildman–Crippen LogP) is 1.28. The quantitative estimate of drug-likeness (QED) is 0.488. The summed E-state index contributed by atoms with van der Waals surface area (Å²) in [6.07, 6.45) is 1.64. The molecular weight excluding hydrogens is 268 g/mol. The summed E-state index contributed by atoms with van der Waals surface area (Å²) in [6.45, 7) is 0. The zero-order valence-electron chi connectivity index (χ0n) is 11.2. The molecule has 104 valence electrons. The average Bonchev–Trinajstić information content (AvgIpc) is 3.01. The Hall–Kier alpha value is -3.18. The van der Waals surface area contributed by atoms with Gasteiger partial charge in [-0.05, 0) is 12.1 Å². The fourth-order valence-electron chi connectivity index (χ4n) is 2.11. The van der Waals surface area contributed by atoms with E-state index in [0.717, 1.165) is 11.1 Å². The third-order valence-electron chi connectivity index (χ3n) is 3.12. The van der Waals surface area contributed by atoms with Crippen molar-refractivity contribution < 1.29 is 0 Å². The van der Waals surface area contributed by atoms with E-state index in [4.69, 9.17) is 5.84 Å². The first-order valence-electron chi connectivity index (χ1n) is 6.15. The molecule has 0 spiro atoms. The molecule has 0 aliphatic rings. The maximum absolute atomic E-state index is 9.23. The first-order chi connectivity index (χ1) is 10.2. The van der Waals surface area contributed by atoms with Crippen LogP contribution in [0.2, 0.25) is 0 Å². The summed E-state index contributed by atoms with van der Waals surface area (Å²) in [5.74, 6) is 6.26. The predicted molar refractivity (Wildman–Crippen MR) is 78.7 cm³/mol. The van der Waals surface area contributed by atoms with Crippen LogP contribution in [0.4, 0.5) is 17.5 Å². The number of fused-ring (bicyclic) bond motifs is 1. The number of nitrogens with one attached hydrogen (secondary N) is 2. The fourth-order valence-corrected chi connectivity index (χ4v) is 2.11. The zero-order chi connectivity index (χ0) is 14.8. The highest BCUT2D eigenvalue weighted by Gasteiger charge is 2.16. The Kier molecular flexibility index (Phi) is 3.10. The van der Waals surface area contributed by atoms with E-state index >= 15 is 0 Å². The zero-order valence-corrected chi connectivity index (χ0v) is 11.2. The van der Waals surface area contributed by atoms with Crippen LogP contribution in [0.5, 0.6) is 0 Å². The smallest absolute Gasteiger partial charge is 0.241 e. The number of para-hydroxylation sites is 1. The molecule has 0 aliphatic carbocycles. The highest BCUT2D eigenvalue weighted by Crippen LogP contribution is 2.30. The Balaban J connectivity index is 2.19. The molecule has 0 fully saturated rings. The van der Waals surface area contributed by atoms with Gasteiger partial charge in [0.1, 0.15) is 11.9 Å². The fraction of sp³-hybridized carbons (Fsp3) is 0.0769. The highest BCUT2D eigenvalue weighted by molar-refractivity contribution is 5.90. The second-order valence-electron chi connectivity index (χ2n) is 4.34. The molecule has 0 aliphatic heterocycles. The Labute approximate surface area is 120 Å². The third-order valence-corrected chi connectivity index (χ3v) is 3.12. The molecule has 2 heterocycles. The van der Waals surface area contributed by atoms with Gasteiger partial charge in [0.05, 0.1) is 22.8 Å². The molecule has 21 heavy (non-hydrogen) atoms. The number of aromatic nitrogens is 4. The normalized spacial score (nSPS) is 10.3. The van der Waals surface area contributed by atoms with E-state index < -0.39 is 0 Å². The number of aromatic amines is 1. The Morgan fingerprint density at radius 3 is 2.90 bits per heavy atom. The molecule has 3 aromatic rings. The molecule has 8 heteroatoms. The van der Waals surface area contributed by atoms with Gasteiger partial charge in [0.25, 0.3) is 0 Å². The SMILES string of the molecule is CN(c1ccccc1C#N)c1nc(NN)nc2[nH]ncc12. The lowest BCUT2D eigenvalue weighted by molar-refractivity contribution is 1.06. The lowest BCUT2D eigenvalue weighted by Gasteiger charge is -2.20. The first kappa shape index (κ1) is 12.8. The van der Waals surface area contributed by atoms with Gasteiger partial charge >= 0.3 is 0 Å². The molecule has 0 radical (unpaired) electrons. The number of nitrogens with two attached hydrogens (primary N) is 1. The summed E-state index contributed by atoms with van der Waals surface area (Å²) < 4.78 is 0.